The van der Waals surface area contributed by atoms with E-state index in [1.165, 1.54) is 5.56 Å². The van der Waals surface area contributed by atoms with Crippen LogP contribution < -0.4 is 14.8 Å². The monoisotopic (exact) mass is 456 g/mol. The highest BCUT2D eigenvalue weighted by molar-refractivity contribution is 5.86. The van der Waals surface area contributed by atoms with Crippen molar-refractivity contribution in [3.63, 3.8) is 0 Å². The number of carbonyl (C=O) groups is 1. The number of H-pyrrole nitrogens is 1. The summed E-state index contributed by atoms with van der Waals surface area (Å²) >= 11 is 0. The molecule has 0 spiro atoms. The normalized spacial score (nSPS) is 12.8. The highest BCUT2D eigenvalue weighted by atomic mass is 16.5. The summed E-state index contributed by atoms with van der Waals surface area (Å²) in [5, 5.41) is 4.31. The Morgan fingerprint density at radius 2 is 1.71 bits per heavy atom. The largest absolute Gasteiger partial charge is 0.497 e. The smallest absolute Gasteiger partial charge is 0.221 e. The quantitative estimate of drug-likeness (QED) is 0.315. The van der Waals surface area contributed by atoms with Gasteiger partial charge < -0.3 is 19.8 Å². The summed E-state index contributed by atoms with van der Waals surface area (Å²) in [7, 11) is 3.28. The van der Waals surface area contributed by atoms with Gasteiger partial charge in [-0.15, -0.1) is 0 Å². The summed E-state index contributed by atoms with van der Waals surface area (Å²) < 4.78 is 11.1. The number of hydrogen-bond acceptors (Lipinski definition) is 3. The van der Waals surface area contributed by atoms with E-state index < -0.39 is 0 Å². The molecular formula is C29H32N2O3. The van der Waals surface area contributed by atoms with Crippen LogP contribution in [0.25, 0.3) is 10.9 Å². The van der Waals surface area contributed by atoms with Gasteiger partial charge in [-0.1, -0.05) is 54.6 Å². The number of aromatic nitrogens is 1. The van der Waals surface area contributed by atoms with E-state index in [0.29, 0.717) is 12.2 Å². The van der Waals surface area contributed by atoms with Crippen LogP contribution in [0.4, 0.5) is 0 Å². The second-order valence-electron chi connectivity index (χ2n) is 8.65. The van der Waals surface area contributed by atoms with Crippen LogP contribution in [-0.4, -0.2) is 31.2 Å². The van der Waals surface area contributed by atoms with Crippen molar-refractivity contribution in [3.05, 3.63) is 95.7 Å². The molecule has 0 saturated carbocycles. The third-order valence-electron chi connectivity index (χ3n) is 6.32. The lowest BCUT2D eigenvalue weighted by atomic mass is 9.87. The lowest BCUT2D eigenvalue weighted by Crippen LogP contribution is -2.34. The van der Waals surface area contributed by atoms with Crippen molar-refractivity contribution >= 4 is 16.8 Å². The summed E-state index contributed by atoms with van der Waals surface area (Å²) in [5.41, 5.74) is 4.36. The van der Waals surface area contributed by atoms with Crippen LogP contribution in [0.2, 0.25) is 0 Å². The average Bonchev–Trinajstić information content (AvgIpc) is 3.30. The van der Waals surface area contributed by atoms with Gasteiger partial charge in [-0.2, -0.15) is 0 Å². The van der Waals surface area contributed by atoms with E-state index in [9.17, 15) is 4.79 Å². The predicted molar refractivity (Wildman–Crippen MR) is 137 cm³/mol. The zero-order valence-corrected chi connectivity index (χ0v) is 20.0. The second kappa shape index (κ2) is 10.9. The molecule has 2 atom stereocenters. The number of carbonyl (C=O) groups excluding carboxylic acids is 1. The van der Waals surface area contributed by atoms with Crippen molar-refractivity contribution in [1.82, 2.24) is 10.3 Å². The van der Waals surface area contributed by atoms with Crippen molar-refractivity contribution in [2.24, 2.45) is 0 Å². The number of rotatable bonds is 10. The molecule has 1 amide bonds. The molecule has 0 fully saturated rings. The van der Waals surface area contributed by atoms with Crippen molar-refractivity contribution in [3.8, 4) is 11.5 Å². The molecule has 0 saturated heterocycles. The van der Waals surface area contributed by atoms with Gasteiger partial charge in [-0.05, 0) is 43.0 Å². The van der Waals surface area contributed by atoms with E-state index >= 15 is 0 Å². The maximum Gasteiger partial charge on any atom is 0.221 e. The molecule has 4 rings (SSSR count). The van der Waals surface area contributed by atoms with Gasteiger partial charge >= 0.3 is 0 Å². The minimum absolute atomic E-state index is 0.0220. The third kappa shape index (κ3) is 5.42. The van der Waals surface area contributed by atoms with E-state index in [1.807, 2.05) is 60.8 Å². The number of para-hydroxylation sites is 1. The molecular weight excluding hydrogens is 424 g/mol. The van der Waals surface area contributed by atoms with Crippen molar-refractivity contribution < 1.29 is 14.3 Å². The Kier molecular flexibility index (Phi) is 7.53. The Bertz CT molecular complexity index is 1230. The van der Waals surface area contributed by atoms with Gasteiger partial charge in [-0.25, -0.2) is 0 Å². The Morgan fingerprint density at radius 1 is 0.941 bits per heavy atom. The molecule has 34 heavy (non-hydrogen) atoms. The topological polar surface area (TPSA) is 63.3 Å². The standard InChI is InChI=1S/C29H32N2O3/c1-20(13-14-21-9-5-4-6-10-21)31-29(32)18-25(24-16-15-22(33-2)17-28(24)34-3)26-19-30-27-12-8-7-11-23(26)27/h4-12,15-17,19-20,25,30H,13-14,18H2,1-3H3,(H,31,32)/t20-,25+/m1/s1. The Morgan fingerprint density at radius 3 is 2.47 bits per heavy atom. The molecule has 0 aliphatic rings. The fourth-order valence-corrected chi connectivity index (χ4v) is 4.50. The van der Waals surface area contributed by atoms with E-state index in [-0.39, 0.29) is 17.9 Å². The minimum Gasteiger partial charge on any atom is -0.497 e. The van der Waals surface area contributed by atoms with Gasteiger partial charge in [-0.3, -0.25) is 4.79 Å². The predicted octanol–water partition coefficient (Wildman–Crippen LogP) is 5.84. The van der Waals surface area contributed by atoms with Crippen molar-refractivity contribution in [2.45, 2.75) is 38.1 Å². The number of ether oxygens (including phenoxy) is 2. The highest BCUT2D eigenvalue weighted by Gasteiger charge is 2.25. The van der Waals surface area contributed by atoms with Crippen LogP contribution in [0.5, 0.6) is 11.5 Å². The number of benzene rings is 3. The molecule has 5 heteroatoms. The number of nitrogens with one attached hydrogen (secondary N) is 2. The molecule has 2 N–H and O–H groups in total. The first-order valence-electron chi connectivity index (χ1n) is 11.7. The van der Waals surface area contributed by atoms with Crippen LogP contribution in [-0.2, 0) is 11.2 Å². The molecule has 0 radical (unpaired) electrons. The molecule has 0 unspecified atom stereocenters. The Hall–Kier alpha value is -3.73. The first kappa shape index (κ1) is 23.4. The number of fused-ring (bicyclic) bond motifs is 1. The molecule has 176 valence electrons. The van der Waals surface area contributed by atoms with Gasteiger partial charge in [0.15, 0.2) is 0 Å². The zero-order chi connectivity index (χ0) is 23.9. The number of aryl methyl sites for hydroxylation is 1. The lowest BCUT2D eigenvalue weighted by Gasteiger charge is -2.22. The summed E-state index contributed by atoms with van der Waals surface area (Å²) in [4.78, 5) is 16.6. The van der Waals surface area contributed by atoms with E-state index in [4.69, 9.17) is 9.47 Å². The van der Waals surface area contributed by atoms with Crippen LogP contribution >= 0.6 is 0 Å². The Labute approximate surface area is 201 Å². The summed E-state index contributed by atoms with van der Waals surface area (Å²) in [5.74, 6) is 1.28. The molecule has 1 heterocycles. The van der Waals surface area contributed by atoms with Crippen LogP contribution in [0.15, 0.2) is 79.0 Å². The fourth-order valence-electron chi connectivity index (χ4n) is 4.50. The Balaban J connectivity index is 1.57. The number of amides is 1. The van der Waals surface area contributed by atoms with E-state index in [0.717, 1.165) is 40.6 Å². The van der Waals surface area contributed by atoms with Gasteiger partial charge in [0.1, 0.15) is 11.5 Å². The van der Waals surface area contributed by atoms with Gasteiger partial charge in [0, 0.05) is 47.1 Å². The van der Waals surface area contributed by atoms with Crippen LogP contribution in [0, 0.1) is 0 Å². The minimum atomic E-state index is -0.168. The van der Waals surface area contributed by atoms with Gasteiger partial charge in [0.25, 0.3) is 0 Å². The SMILES string of the molecule is COc1ccc([C@H](CC(=O)N[C@H](C)CCc2ccccc2)c2c[nH]c3ccccc23)c(OC)c1. The molecule has 0 bridgehead atoms. The fraction of sp³-hybridized carbons (Fsp3) is 0.276. The first-order valence-corrected chi connectivity index (χ1v) is 11.7. The highest BCUT2D eigenvalue weighted by Crippen LogP contribution is 2.39. The maximum atomic E-state index is 13.2. The molecule has 0 aliphatic carbocycles. The molecule has 3 aromatic carbocycles. The third-order valence-corrected chi connectivity index (χ3v) is 6.32. The number of methoxy groups -OCH3 is 2. The lowest BCUT2D eigenvalue weighted by molar-refractivity contribution is -0.121. The molecule has 4 aromatic rings. The molecule has 1 aromatic heterocycles. The first-order chi connectivity index (χ1) is 16.6. The summed E-state index contributed by atoms with van der Waals surface area (Å²) in [6, 6.07) is 24.4. The summed E-state index contributed by atoms with van der Waals surface area (Å²) in [6.07, 6.45) is 4.14. The van der Waals surface area contributed by atoms with Crippen molar-refractivity contribution in [1.29, 1.82) is 0 Å². The van der Waals surface area contributed by atoms with E-state index in [1.54, 1.807) is 14.2 Å². The zero-order valence-electron chi connectivity index (χ0n) is 20.0. The summed E-state index contributed by atoms with van der Waals surface area (Å²) in [6.45, 7) is 2.06. The number of hydrogen-bond donors (Lipinski definition) is 2. The van der Waals surface area contributed by atoms with E-state index in [2.05, 4.69) is 35.4 Å². The van der Waals surface area contributed by atoms with Crippen LogP contribution in [0.3, 0.4) is 0 Å². The van der Waals surface area contributed by atoms with Crippen molar-refractivity contribution in [2.75, 3.05) is 14.2 Å². The molecule has 5 nitrogen and oxygen atoms in total. The van der Waals surface area contributed by atoms with Crippen LogP contribution in [0.1, 0.15) is 42.4 Å². The maximum absolute atomic E-state index is 13.2. The van der Waals surface area contributed by atoms with Gasteiger partial charge in [0.05, 0.1) is 14.2 Å². The average molecular weight is 457 g/mol. The number of aromatic amines is 1. The van der Waals surface area contributed by atoms with Gasteiger partial charge in [0.2, 0.25) is 5.91 Å². The second-order valence-corrected chi connectivity index (χ2v) is 8.65. The molecule has 0 aliphatic heterocycles.